The van der Waals surface area contributed by atoms with E-state index in [1.54, 1.807) is 18.2 Å². The molecule has 0 radical (unpaired) electrons. The van der Waals surface area contributed by atoms with Crippen molar-refractivity contribution in [2.45, 2.75) is 31.2 Å². The van der Waals surface area contributed by atoms with Gasteiger partial charge in [0.15, 0.2) is 0 Å². The van der Waals surface area contributed by atoms with Crippen molar-refractivity contribution in [2.75, 3.05) is 5.32 Å². The quantitative estimate of drug-likeness (QED) is 0.799. The smallest absolute Gasteiger partial charge is 0.319 e. The van der Waals surface area contributed by atoms with E-state index in [-0.39, 0.29) is 17.0 Å². The second-order valence-electron chi connectivity index (χ2n) is 6.26. The normalized spacial score (nSPS) is 14.8. The van der Waals surface area contributed by atoms with E-state index >= 15 is 0 Å². The van der Waals surface area contributed by atoms with E-state index in [0.717, 1.165) is 12.0 Å². The lowest BCUT2D eigenvalue weighted by Gasteiger charge is -2.43. The summed E-state index contributed by atoms with van der Waals surface area (Å²) in [6.07, 6.45) is 1.87. The molecule has 1 fully saturated rings. The van der Waals surface area contributed by atoms with Gasteiger partial charge < -0.3 is 10.6 Å². The third kappa shape index (κ3) is 3.49. The van der Waals surface area contributed by atoms with Crippen LogP contribution in [0.5, 0.6) is 0 Å². The van der Waals surface area contributed by atoms with Crippen LogP contribution in [-0.4, -0.2) is 6.03 Å². The second kappa shape index (κ2) is 7.30. The van der Waals surface area contributed by atoms with Crippen LogP contribution in [0.15, 0.2) is 36.4 Å². The first-order chi connectivity index (χ1) is 12.4. The van der Waals surface area contributed by atoms with E-state index in [1.807, 2.05) is 6.07 Å². The maximum absolute atomic E-state index is 14.2. The van der Waals surface area contributed by atoms with Gasteiger partial charge >= 0.3 is 6.03 Å². The fourth-order valence-corrected chi connectivity index (χ4v) is 3.41. The van der Waals surface area contributed by atoms with Crippen LogP contribution in [0.3, 0.4) is 0 Å². The van der Waals surface area contributed by atoms with Crippen LogP contribution in [0, 0.1) is 23.0 Å². The molecule has 1 aliphatic carbocycles. The largest absolute Gasteiger partial charge is 0.328 e. The first-order valence-electron chi connectivity index (χ1n) is 8.14. The van der Waals surface area contributed by atoms with Crippen LogP contribution in [0.25, 0.3) is 0 Å². The highest BCUT2D eigenvalue weighted by molar-refractivity contribution is 6.33. The van der Waals surface area contributed by atoms with Gasteiger partial charge in [-0.1, -0.05) is 23.7 Å². The fraction of sp³-hybridized carbons (Fsp3) is 0.263. The molecule has 2 amide bonds. The fourth-order valence-electron chi connectivity index (χ4n) is 3.15. The Kier molecular flexibility index (Phi) is 5.10. The molecule has 0 aliphatic heterocycles. The Morgan fingerprint density at radius 1 is 1.23 bits per heavy atom. The van der Waals surface area contributed by atoms with E-state index in [0.29, 0.717) is 18.5 Å². The average molecular weight is 376 g/mol. The topological polar surface area (TPSA) is 64.9 Å². The molecule has 2 aromatic rings. The van der Waals surface area contributed by atoms with Crippen molar-refractivity contribution in [3.63, 3.8) is 0 Å². The summed E-state index contributed by atoms with van der Waals surface area (Å²) >= 11 is 6.12. The van der Waals surface area contributed by atoms with Crippen LogP contribution < -0.4 is 10.6 Å². The molecule has 0 bridgehead atoms. The maximum Gasteiger partial charge on any atom is 0.319 e. The number of carbonyl (C=O) groups excluding carboxylic acids is 1. The first kappa shape index (κ1) is 18.2. The van der Waals surface area contributed by atoms with E-state index in [2.05, 4.69) is 10.6 Å². The van der Waals surface area contributed by atoms with E-state index in [4.69, 9.17) is 16.9 Å². The van der Waals surface area contributed by atoms with Gasteiger partial charge in [0.05, 0.1) is 28.7 Å². The minimum absolute atomic E-state index is 0.114. The molecular formula is C19H16ClF2N3O. The molecule has 1 aliphatic rings. The van der Waals surface area contributed by atoms with Crippen molar-refractivity contribution in [1.82, 2.24) is 5.32 Å². The highest BCUT2D eigenvalue weighted by atomic mass is 35.5. The zero-order valence-corrected chi connectivity index (χ0v) is 14.5. The van der Waals surface area contributed by atoms with Gasteiger partial charge in [-0.25, -0.2) is 13.6 Å². The van der Waals surface area contributed by atoms with Crippen molar-refractivity contribution in [1.29, 1.82) is 5.26 Å². The van der Waals surface area contributed by atoms with Crippen molar-refractivity contribution in [3.8, 4) is 6.07 Å². The molecule has 4 nitrogen and oxygen atoms in total. The van der Waals surface area contributed by atoms with E-state index in [1.165, 1.54) is 18.2 Å². The number of rotatable bonds is 4. The third-order valence-corrected chi connectivity index (χ3v) is 4.88. The number of carbonyl (C=O) groups is 1. The summed E-state index contributed by atoms with van der Waals surface area (Å²) < 4.78 is 28.3. The van der Waals surface area contributed by atoms with Gasteiger partial charge in [-0.2, -0.15) is 5.26 Å². The summed E-state index contributed by atoms with van der Waals surface area (Å²) in [7, 11) is 0. The molecular weight excluding hydrogens is 360 g/mol. The molecule has 134 valence electrons. The van der Waals surface area contributed by atoms with Gasteiger partial charge in [0.1, 0.15) is 11.6 Å². The Hall–Kier alpha value is -2.65. The number of urea groups is 1. The number of nitrogens with one attached hydrogen (secondary N) is 2. The molecule has 0 unspecified atom stereocenters. The first-order valence-corrected chi connectivity index (χ1v) is 8.52. The Labute approximate surface area is 154 Å². The summed E-state index contributed by atoms with van der Waals surface area (Å²) in [6, 6.07) is 9.95. The predicted octanol–water partition coefficient (Wildman–Crippen LogP) is 4.89. The third-order valence-electron chi connectivity index (χ3n) is 4.57. The summed E-state index contributed by atoms with van der Waals surface area (Å²) in [5.41, 5.74) is -0.0919. The standard InChI is InChI=1S/C19H16ClF2N3O/c20-13-11-12(7-10-23)5-6-16(13)24-18(26)25-19(8-2-9-19)17-14(21)3-1-4-15(17)22/h1,3-6,11H,2,7-9H2,(H2,24,25,26). The number of halogens is 3. The number of nitriles is 1. The van der Waals surface area contributed by atoms with Crippen molar-refractivity contribution in [3.05, 3.63) is 64.2 Å². The van der Waals surface area contributed by atoms with E-state index in [9.17, 15) is 13.6 Å². The highest BCUT2D eigenvalue weighted by Gasteiger charge is 2.44. The minimum atomic E-state index is -1.06. The summed E-state index contributed by atoms with van der Waals surface area (Å²) in [5.74, 6) is -1.35. The molecule has 3 rings (SSSR count). The summed E-state index contributed by atoms with van der Waals surface area (Å²) in [5, 5.41) is 14.3. The number of anilines is 1. The van der Waals surface area contributed by atoms with Crippen LogP contribution in [0.1, 0.15) is 30.4 Å². The number of amides is 2. The summed E-state index contributed by atoms with van der Waals surface area (Å²) in [6.45, 7) is 0. The highest BCUT2D eigenvalue weighted by Crippen LogP contribution is 2.43. The summed E-state index contributed by atoms with van der Waals surface area (Å²) in [4.78, 5) is 12.4. The average Bonchev–Trinajstić information content (AvgIpc) is 2.55. The van der Waals surface area contributed by atoms with Crippen molar-refractivity contribution >= 4 is 23.3 Å². The SMILES string of the molecule is N#CCc1ccc(NC(=O)NC2(c3c(F)cccc3F)CCC2)c(Cl)c1. The van der Waals surface area contributed by atoms with Crippen LogP contribution in [0.4, 0.5) is 19.3 Å². The lowest BCUT2D eigenvalue weighted by molar-refractivity contribution is 0.175. The molecule has 0 spiro atoms. The minimum Gasteiger partial charge on any atom is -0.328 e. The second-order valence-corrected chi connectivity index (χ2v) is 6.67. The maximum atomic E-state index is 14.2. The Morgan fingerprint density at radius 3 is 2.46 bits per heavy atom. The number of hydrogen-bond donors (Lipinski definition) is 2. The van der Waals surface area contributed by atoms with Crippen molar-refractivity contribution in [2.24, 2.45) is 0 Å². The molecule has 2 aromatic carbocycles. The number of nitrogens with zero attached hydrogens (tertiary/aromatic N) is 1. The lowest BCUT2D eigenvalue weighted by Crippen LogP contribution is -2.53. The van der Waals surface area contributed by atoms with Crippen LogP contribution in [0.2, 0.25) is 5.02 Å². The Morgan fingerprint density at radius 2 is 1.92 bits per heavy atom. The van der Waals surface area contributed by atoms with Crippen molar-refractivity contribution < 1.29 is 13.6 Å². The van der Waals surface area contributed by atoms with Crippen LogP contribution >= 0.6 is 11.6 Å². The van der Waals surface area contributed by atoms with Gasteiger partial charge in [-0.05, 0) is 49.1 Å². The molecule has 1 saturated carbocycles. The number of hydrogen-bond acceptors (Lipinski definition) is 2. The molecule has 26 heavy (non-hydrogen) atoms. The van der Waals surface area contributed by atoms with Gasteiger partial charge in [-0.3, -0.25) is 0 Å². The molecule has 7 heteroatoms. The molecule has 0 heterocycles. The molecule has 0 aromatic heterocycles. The molecule has 0 saturated heterocycles. The van der Waals surface area contributed by atoms with Gasteiger partial charge in [0, 0.05) is 5.56 Å². The molecule has 2 N–H and O–H groups in total. The van der Waals surface area contributed by atoms with Gasteiger partial charge in [-0.15, -0.1) is 0 Å². The predicted molar refractivity (Wildman–Crippen MR) is 94.8 cm³/mol. The Balaban J connectivity index is 1.78. The van der Waals surface area contributed by atoms with Gasteiger partial charge in [0.25, 0.3) is 0 Å². The zero-order valence-electron chi connectivity index (χ0n) is 13.8. The lowest BCUT2D eigenvalue weighted by atomic mass is 9.71. The van der Waals surface area contributed by atoms with Crippen LogP contribution in [-0.2, 0) is 12.0 Å². The molecule has 0 atom stereocenters. The zero-order chi connectivity index (χ0) is 18.7. The monoisotopic (exact) mass is 375 g/mol. The van der Waals surface area contributed by atoms with E-state index < -0.39 is 23.2 Å². The number of benzene rings is 2. The van der Waals surface area contributed by atoms with Gasteiger partial charge in [0.2, 0.25) is 0 Å². The Bertz CT molecular complexity index is 871.